The highest BCUT2D eigenvalue weighted by atomic mass is 16.5. The molecule has 0 saturated carbocycles. The minimum Gasteiger partial charge on any atom is -0.378 e. The van der Waals surface area contributed by atoms with Crippen LogP contribution in [0.4, 0.5) is 11.4 Å². The maximum absolute atomic E-state index is 12.8. The Bertz CT molecular complexity index is 873. The van der Waals surface area contributed by atoms with E-state index in [2.05, 4.69) is 10.2 Å². The number of morpholine rings is 1. The highest BCUT2D eigenvalue weighted by Crippen LogP contribution is 2.19. The summed E-state index contributed by atoms with van der Waals surface area (Å²) in [6.45, 7) is 8.11. The normalized spacial score (nSPS) is 18.5. The van der Waals surface area contributed by atoms with Crippen LogP contribution in [0.2, 0.25) is 0 Å². The van der Waals surface area contributed by atoms with Gasteiger partial charge in [0.2, 0.25) is 0 Å². The zero-order chi connectivity index (χ0) is 21.6. The van der Waals surface area contributed by atoms with E-state index in [-0.39, 0.29) is 17.9 Å². The molecule has 0 aliphatic carbocycles. The molecule has 4 rings (SSSR count). The largest absolute Gasteiger partial charge is 0.378 e. The van der Waals surface area contributed by atoms with Crippen molar-refractivity contribution in [1.29, 1.82) is 0 Å². The third-order valence-corrected chi connectivity index (χ3v) is 6.23. The van der Waals surface area contributed by atoms with Gasteiger partial charge in [-0.25, -0.2) is 0 Å². The van der Waals surface area contributed by atoms with Gasteiger partial charge >= 0.3 is 0 Å². The molecule has 2 fully saturated rings. The lowest BCUT2D eigenvalue weighted by Gasteiger charge is -2.34. The molecule has 1 atom stereocenters. The van der Waals surface area contributed by atoms with E-state index in [9.17, 15) is 9.59 Å². The Labute approximate surface area is 183 Å². The second-order valence-corrected chi connectivity index (χ2v) is 8.17. The molecule has 0 unspecified atom stereocenters. The van der Waals surface area contributed by atoms with Gasteiger partial charge in [-0.15, -0.1) is 0 Å². The molecule has 31 heavy (non-hydrogen) atoms. The Hall–Kier alpha value is -2.90. The summed E-state index contributed by atoms with van der Waals surface area (Å²) in [7, 11) is 0. The number of carbonyl (C=O) groups excluding carboxylic acids is 2. The molecule has 2 aromatic carbocycles. The van der Waals surface area contributed by atoms with Gasteiger partial charge in [-0.1, -0.05) is 18.2 Å². The van der Waals surface area contributed by atoms with E-state index >= 15 is 0 Å². The monoisotopic (exact) mass is 423 g/mol. The summed E-state index contributed by atoms with van der Waals surface area (Å²) >= 11 is 0. The predicted octanol–water partition coefficient (Wildman–Crippen LogP) is 0.891. The van der Waals surface area contributed by atoms with Gasteiger partial charge in [-0.05, 0) is 43.3 Å². The Morgan fingerprint density at radius 1 is 0.935 bits per heavy atom. The third kappa shape index (κ3) is 5.24. The smallest absolute Gasteiger partial charge is 0.282 e. The highest BCUT2D eigenvalue weighted by molar-refractivity contribution is 5.94. The predicted molar refractivity (Wildman–Crippen MR) is 121 cm³/mol. The minimum absolute atomic E-state index is 0.0111. The van der Waals surface area contributed by atoms with Gasteiger partial charge in [0.25, 0.3) is 11.8 Å². The number of quaternary nitrogens is 1. The van der Waals surface area contributed by atoms with Crippen LogP contribution < -0.4 is 15.1 Å². The fourth-order valence-corrected chi connectivity index (χ4v) is 4.21. The van der Waals surface area contributed by atoms with Crippen molar-refractivity contribution in [2.45, 2.75) is 13.0 Å². The van der Waals surface area contributed by atoms with Crippen LogP contribution in [0.25, 0.3) is 0 Å². The summed E-state index contributed by atoms with van der Waals surface area (Å²) < 4.78 is 5.40. The molecule has 7 heteroatoms. The van der Waals surface area contributed by atoms with E-state index in [0.717, 1.165) is 56.3 Å². The fourth-order valence-electron chi connectivity index (χ4n) is 4.21. The Balaban J connectivity index is 1.27. The summed E-state index contributed by atoms with van der Waals surface area (Å²) in [4.78, 5) is 30.8. The summed E-state index contributed by atoms with van der Waals surface area (Å²) in [5.74, 6) is 0.0778. The van der Waals surface area contributed by atoms with Crippen molar-refractivity contribution in [3.63, 3.8) is 0 Å². The number of nitrogens with one attached hydrogen (secondary N) is 2. The van der Waals surface area contributed by atoms with Crippen LogP contribution in [-0.4, -0.2) is 75.2 Å². The van der Waals surface area contributed by atoms with Crippen molar-refractivity contribution < 1.29 is 19.2 Å². The average Bonchev–Trinajstić information content (AvgIpc) is 2.85. The molecule has 2 amide bonds. The second-order valence-electron chi connectivity index (χ2n) is 8.17. The first-order valence-corrected chi connectivity index (χ1v) is 11.0. The lowest BCUT2D eigenvalue weighted by molar-refractivity contribution is -0.917. The number of carbonyl (C=O) groups is 2. The van der Waals surface area contributed by atoms with Gasteiger partial charge in [-0.3, -0.25) is 9.59 Å². The van der Waals surface area contributed by atoms with E-state index in [1.807, 2.05) is 66.4 Å². The van der Waals surface area contributed by atoms with E-state index in [4.69, 9.17) is 4.74 Å². The van der Waals surface area contributed by atoms with Crippen LogP contribution >= 0.6 is 0 Å². The summed E-state index contributed by atoms with van der Waals surface area (Å²) in [6, 6.07) is 17.2. The summed E-state index contributed by atoms with van der Waals surface area (Å²) in [5.41, 5.74) is 2.68. The van der Waals surface area contributed by atoms with E-state index in [1.54, 1.807) is 0 Å². The first kappa shape index (κ1) is 21.3. The molecule has 2 saturated heterocycles. The summed E-state index contributed by atoms with van der Waals surface area (Å²) in [6.07, 6.45) is 0. The maximum Gasteiger partial charge on any atom is 0.282 e. The second kappa shape index (κ2) is 9.94. The van der Waals surface area contributed by atoms with Crippen LogP contribution in [0.5, 0.6) is 0 Å². The fraction of sp³-hybridized carbons (Fsp3) is 0.417. The molecule has 0 radical (unpaired) electrons. The number of piperazine rings is 1. The Morgan fingerprint density at radius 2 is 1.58 bits per heavy atom. The van der Waals surface area contributed by atoms with Crippen LogP contribution in [0.3, 0.4) is 0 Å². The zero-order valence-corrected chi connectivity index (χ0v) is 18.0. The van der Waals surface area contributed by atoms with Crippen molar-refractivity contribution in [2.24, 2.45) is 0 Å². The van der Waals surface area contributed by atoms with Gasteiger partial charge in [0.1, 0.15) is 0 Å². The maximum atomic E-state index is 12.8. The van der Waals surface area contributed by atoms with Crippen LogP contribution in [0, 0.1) is 0 Å². The number of benzene rings is 2. The molecule has 2 N–H and O–H groups in total. The topological polar surface area (TPSA) is 66.3 Å². The van der Waals surface area contributed by atoms with Gasteiger partial charge in [0, 0.05) is 30.0 Å². The lowest BCUT2D eigenvalue weighted by Crippen LogP contribution is -3.19. The highest BCUT2D eigenvalue weighted by Gasteiger charge is 2.31. The van der Waals surface area contributed by atoms with E-state index in [0.29, 0.717) is 13.1 Å². The molecule has 2 heterocycles. The number of hydrogen-bond acceptors (Lipinski definition) is 4. The number of ether oxygens (including phenoxy) is 1. The number of hydrogen-bond donors (Lipinski definition) is 2. The van der Waals surface area contributed by atoms with Gasteiger partial charge in [-0.2, -0.15) is 0 Å². The van der Waals surface area contributed by atoms with Gasteiger partial charge in [0.15, 0.2) is 6.04 Å². The van der Waals surface area contributed by atoms with Crippen molar-refractivity contribution >= 4 is 23.2 Å². The summed E-state index contributed by atoms with van der Waals surface area (Å²) in [5, 5.41) is 3.05. The Morgan fingerprint density at radius 3 is 2.23 bits per heavy atom. The van der Waals surface area contributed by atoms with Crippen molar-refractivity contribution in [2.75, 3.05) is 62.7 Å². The van der Waals surface area contributed by atoms with Gasteiger partial charge in [0.05, 0.1) is 39.4 Å². The molecule has 164 valence electrons. The van der Waals surface area contributed by atoms with Crippen molar-refractivity contribution in [3.8, 4) is 0 Å². The van der Waals surface area contributed by atoms with Crippen molar-refractivity contribution in [3.05, 3.63) is 60.2 Å². The van der Waals surface area contributed by atoms with Crippen molar-refractivity contribution in [1.82, 2.24) is 4.90 Å². The van der Waals surface area contributed by atoms with Crippen LogP contribution in [0.1, 0.15) is 17.3 Å². The minimum atomic E-state index is -0.173. The SMILES string of the molecule is C[C@H](C(=O)Nc1ccc(N2CCOCC2)cc1)[NH+]1CCN(C(=O)c2ccccc2)CC1. The first-order chi connectivity index (χ1) is 15.1. The lowest BCUT2D eigenvalue weighted by atomic mass is 10.1. The molecular weight excluding hydrogens is 392 g/mol. The first-order valence-electron chi connectivity index (χ1n) is 11.0. The third-order valence-electron chi connectivity index (χ3n) is 6.23. The van der Waals surface area contributed by atoms with Gasteiger partial charge < -0.3 is 24.8 Å². The molecule has 0 spiro atoms. The van der Waals surface area contributed by atoms with E-state index in [1.165, 1.54) is 4.90 Å². The molecule has 0 aromatic heterocycles. The molecule has 7 nitrogen and oxygen atoms in total. The molecule has 2 aliphatic rings. The zero-order valence-electron chi connectivity index (χ0n) is 18.0. The van der Waals surface area contributed by atoms with Crippen LogP contribution in [-0.2, 0) is 9.53 Å². The molecule has 2 aliphatic heterocycles. The molecule has 0 bridgehead atoms. The standard InChI is InChI=1S/C24H30N4O3/c1-19(26-11-13-28(14-12-26)24(30)20-5-3-2-4-6-20)23(29)25-21-7-9-22(10-8-21)27-15-17-31-18-16-27/h2-10,19H,11-18H2,1H3,(H,25,29)/p+1/t19-/m1/s1. The quantitative estimate of drug-likeness (QED) is 0.750. The number of nitrogens with zero attached hydrogens (tertiary/aromatic N) is 2. The number of anilines is 2. The Kier molecular flexibility index (Phi) is 6.84. The molecular formula is C24H31N4O3+. The van der Waals surface area contributed by atoms with Crippen LogP contribution in [0.15, 0.2) is 54.6 Å². The number of amides is 2. The van der Waals surface area contributed by atoms with E-state index < -0.39 is 0 Å². The number of rotatable bonds is 5. The molecule has 2 aromatic rings. The average molecular weight is 424 g/mol.